The van der Waals surface area contributed by atoms with Gasteiger partial charge in [-0.05, 0) is 134 Å². The average Bonchev–Trinajstić information content (AvgIpc) is 3.11. The lowest BCUT2D eigenvalue weighted by atomic mass is 9.71. The quantitative estimate of drug-likeness (QED) is 0.399. The number of aryl methyl sites for hydroxylation is 1. The van der Waals surface area contributed by atoms with Crippen LogP contribution in [0.4, 0.5) is 5.69 Å². The molecule has 192 valence electrons. The van der Waals surface area contributed by atoms with Crippen LogP contribution in [0.2, 0.25) is 0 Å². The molecule has 0 bridgehead atoms. The van der Waals surface area contributed by atoms with Gasteiger partial charge in [0.25, 0.3) is 0 Å². The van der Waals surface area contributed by atoms with Gasteiger partial charge in [0, 0.05) is 18.8 Å². The molecule has 3 aromatic rings. The zero-order valence-corrected chi connectivity index (χ0v) is 22.0. The van der Waals surface area contributed by atoms with Gasteiger partial charge in [-0.1, -0.05) is 48.5 Å². The lowest BCUT2D eigenvalue weighted by Crippen LogP contribution is -2.41. The summed E-state index contributed by atoms with van der Waals surface area (Å²) in [7, 11) is 0. The van der Waals surface area contributed by atoms with Crippen LogP contribution in [-0.2, 0) is 6.42 Å². The Morgan fingerprint density at radius 2 is 1.43 bits per heavy atom. The number of nitrogens with zero attached hydrogens (tertiary/aromatic N) is 1. The third-order valence-electron chi connectivity index (χ3n) is 9.12. The summed E-state index contributed by atoms with van der Waals surface area (Å²) in [4.78, 5) is 2.61. The highest BCUT2D eigenvalue weighted by molar-refractivity contribution is 6.00. The molecule has 2 heterocycles. The van der Waals surface area contributed by atoms with Crippen molar-refractivity contribution in [3.63, 3.8) is 0 Å². The first-order valence-electron chi connectivity index (χ1n) is 14.4. The van der Waals surface area contributed by atoms with E-state index >= 15 is 0 Å². The third-order valence-corrected chi connectivity index (χ3v) is 9.12. The molecule has 0 atom stereocenters. The van der Waals surface area contributed by atoms with Crippen LogP contribution in [0.5, 0.6) is 5.75 Å². The average molecular weight is 493 g/mol. The summed E-state index contributed by atoms with van der Waals surface area (Å²) in [5.74, 6) is 0.361. The molecule has 3 nitrogen and oxygen atoms in total. The number of anilines is 1. The molecular weight excluding hydrogens is 452 g/mol. The fourth-order valence-corrected chi connectivity index (χ4v) is 7.04. The maximum atomic E-state index is 10.2. The van der Waals surface area contributed by atoms with E-state index < -0.39 is 0 Å². The number of aromatic hydroxyl groups is 1. The molecule has 1 aliphatic carbocycles. The monoisotopic (exact) mass is 492 g/mol. The molecular formula is C34H40N2O. The first-order chi connectivity index (χ1) is 18.2. The Labute approximate surface area is 222 Å². The van der Waals surface area contributed by atoms with Crippen LogP contribution in [-0.4, -0.2) is 31.3 Å². The van der Waals surface area contributed by atoms with Crippen LogP contribution in [0.1, 0.15) is 73.6 Å². The normalized spacial score (nSPS) is 20.2. The van der Waals surface area contributed by atoms with Gasteiger partial charge in [-0.3, -0.25) is 0 Å². The van der Waals surface area contributed by atoms with Crippen molar-refractivity contribution in [2.24, 2.45) is 5.41 Å². The van der Waals surface area contributed by atoms with Gasteiger partial charge in [0.15, 0.2) is 0 Å². The number of benzene rings is 3. The molecule has 2 saturated heterocycles. The number of rotatable bonds is 3. The minimum absolute atomic E-state index is 0.361. The third kappa shape index (κ3) is 5.20. The summed E-state index contributed by atoms with van der Waals surface area (Å²) in [6.45, 7) is 4.73. The summed E-state index contributed by atoms with van der Waals surface area (Å²) < 4.78 is 0. The van der Waals surface area contributed by atoms with E-state index in [4.69, 9.17) is 0 Å². The topological polar surface area (TPSA) is 35.5 Å². The number of phenolic OH excluding ortho intramolecular Hbond substituents is 1. The van der Waals surface area contributed by atoms with E-state index in [-0.39, 0.29) is 0 Å². The smallest absolute Gasteiger partial charge is 0.115 e. The van der Waals surface area contributed by atoms with E-state index in [2.05, 4.69) is 70.9 Å². The molecule has 1 spiro atoms. The molecule has 6 rings (SSSR count). The molecule has 0 unspecified atom stereocenters. The van der Waals surface area contributed by atoms with Crippen molar-refractivity contribution in [2.75, 3.05) is 31.1 Å². The molecule has 0 saturated carbocycles. The van der Waals surface area contributed by atoms with Gasteiger partial charge in [0.1, 0.15) is 5.75 Å². The second-order valence-electron chi connectivity index (χ2n) is 11.4. The molecule has 3 aliphatic rings. The minimum atomic E-state index is 0.361. The largest absolute Gasteiger partial charge is 0.508 e. The molecule has 0 aromatic heterocycles. The van der Waals surface area contributed by atoms with Crippen LogP contribution < -0.4 is 10.2 Å². The predicted octanol–water partition coefficient (Wildman–Crippen LogP) is 7.44. The van der Waals surface area contributed by atoms with Gasteiger partial charge in [0.2, 0.25) is 0 Å². The number of fused-ring (bicyclic) bond motifs is 1. The van der Waals surface area contributed by atoms with Gasteiger partial charge in [-0.25, -0.2) is 0 Å². The van der Waals surface area contributed by atoms with Gasteiger partial charge in [0.05, 0.1) is 0 Å². The number of allylic oxidation sites excluding steroid dienone is 1. The van der Waals surface area contributed by atoms with Crippen molar-refractivity contribution in [3.05, 3.63) is 95.1 Å². The van der Waals surface area contributed by atoms with Crippen LogP contribution in [0.25, 0.3) is 11.1 Å². The highest BCUT2D eigenvalue weighted by atomic mass is 16.3. The molecule has 0 radical (unpaired) electrons. The Morgan fingerprint density at radius 3 is 2.16 bits per heavy atom. The molecule has 37 heavy (non-hydrogen) atoms. The van der Waals surface area contributed by atoms with Crippen molar-refractivity contribution < 1.29 is 5.11 Å². The van der Waals surface area contributed by atoms with Crippen molar-refractivity contribution in [3.8, 4) is 5.75 Å². The number of phenols is 1. The van der Waals surface area contributed by atoms with E-state index in [9.17, 15) is 5.11 Å². The summed E-state index contributed by atoms with van der Waals surface area (Å²) in [5, 5.41) is 13.8. The fraction of sp³-hybridized carbons (Fsp3) is 0.412. The Hall–Kier alpha value is -3.04. The molecule has 2 N–H and O–H groups in total. The number of nitrogens with one attached hydrogen (secondary N) is 1. The molecule has 3 aromatic carbocycles. The highest BCUT2D eigenvalue weighted by Gasteiger charge is 2.34. The zero-order chi connectivity index (χ0) is 25.1. The van der Waals surface area contributed by atoms with Crippen LogP contribution in [0.15, 0.2) is 72.8 Å². The lowest BCUT2D eigenvalue weighted by Gasteiger charge is -2.44. The summed E-state index contributed by atoms with van der Waals surface area (Å²) >= 11 is 0. The maximum absolute atomic E-state index is 10.2. The maximum Gasteiger partial charge on any atom is 0.115 e. The zero-order valence-electron chi connectivity index (χ0n) is 22.0. The SMILES string of the molecule is Oc1ccc2c(c1)CCCC(c1ccccc1)=C2c1ccc(N2CCC3(CCCNCCC3)CC2)cc1. The molecule has 3 heteroatoms. The van der Waals surface area contributed by atoms with E-state index in [0.29, 0.717) is 11.2 Å². The van der Waals surface area contributed by atoms with E-state index in [1.165, 1.54) is 104 Å². The number of hydrogen-bond donors (Lipinski definition) is 2. The summed E-state index contributed by atoms with van der Waals surface area (Å²) in [5.41, 5.74) is 9.76. The van der Waals surface area contributed by atoms with Crippen molar-refractivity contribution in [1.82, 2.24) is 5.32 Å². The van der Waals surface area contributed by atoms with Crippen LogP contribution >= 0.6 is 0 Å². The lowest BCUT2D eigenvalue weighted by molar-refractivity contribution is 0.164. The summed E-state index contributed by atoms with van der Waals surface area (Å²) in [6.07, 6.45) is 11.2. The van der Waals surface area contributed by atoms with E-state index in [1.807, 2.05) is 12.1 Å². The van der Waals surface area contributed by atoms with Crippen LogP contribution in [0, 0.1) is 5.41 Å². The van der Waals surface area contributed by atoms with Crippen molar-refractivity contribution in [1.29, 1.82) is 0 Å². The highest BCUT2D eigenvalue weighted by Crippen LogP contribution is 2.43. The molecule has 2 fully saturated rings. The Morgan fingerprint density at radius 1 is 0.703 bits per heavy atom. The standard InChI is InChI=1S/C34H40N2O/c37-30-15-16-32-28(25-30)9-4-10-31(26-7-2-1-3-8-26)33(32)27-11-13-29(14-12-27)36-23-19-34(20-24-36)17-5-21-35-22-6-18-34/h1-3,7-8,11-16,25,35,37H,4-6,9-10,17-24H2. The van der Waals surface area contributed by atoms with Crippen molar-refractivity contribution >= 4 is 16.8 Å². The van der Waals surface area contributed by atoms with Gasteiger partial charge < -0.3 is 15.3 Å². The fourth-order valence-electron chi connectivity index (χ4n) is 7.04. The Balaban J connectivity index is 1.29. The number of piperidine rings is 1. The van der Waals surface area contributed by atoms with Gasteiger partial charge >= 0.3 is 0 Å². The molecule has 2 aliphatic heterocycles. The molecule has 0 amide bonds. The van der Waals surface area contributed by atoms with Crippen molar-refractivity contribution in [2.45, 2.75) is 57.8 Å². The second kappa shape index (κ2) is 10.8. The van der Waals surface area contributed by atoms with Gasteiger partial charge in [-0.2, -0.15) is 0 Å². The predicted molar refractivity (Wildman–Crippen MR) is 155 cm³/mol. The van der Waals surface area contributed by atoms with E-state index in [0.717, 1.165) is 19.3 Å². The van der Waals surface area contributed by atoms with Crippen LogP contribution in [0.3, 0.4) is 0 Å². The van der Waals surface area contributed by atoms with E-state index in [1.54, 1.807) is 0 Å². The Bertz CT molecular complexity index is 1230. The van der Waals surface area contributed by atoms with Gasteiger partial charge in [-0.15, -0.1) is 0 Å². The first kappa shape index (κ1) is 24.3. The minimum Gasteiger partial charge on any atom is -0.508 e. The second-order valence-corrected chi connectivity index (χ2v) is 11.4. The number of hydrogen-bond acceptors (Lipinski definition) is 3. The Kier molecular flexibility index (Phi) is 7.06. The summed E-state index contributed by atoms with van der Waals surface area (Å²) in [6, 6.07) is 26.1. The first-order valence-corrected chi connectivity index (χ1v) is 14.4.